The van der Waals surface area contributed by atoms with Gasteiger partial charge in [-0.15, -0.1) is 0 Å². The molecule has 2 rings (SSSR count). The molecule has 1 aromatic rings. The minimum absolute atomic E-state index is 0.0371. The van der Waals surface area contributed by atoms with Crippen molar-refractivity contribution >= 4 is 12.0 Å². The zero-order valence-electron chi connectivity index (χ0n) is 13.3. The van der Waals surface area contributed by atoms with Crippen LogP contribution in [0.1, 0.15) is 5.56 Å². The first-order valence-corrected chi connectivity index (χ1v) is 7.43. The molecule has 0 saturated carbocycles. The molecule has 25 heavy (non-hydrogen) atoms. The number of hydrogen-bond acceptors (Lipinski definition) is 9. The zero-order valence-corrected chi connectivity index (χ0v) is 13.3. The van der Waals surface area contributed by atoms with E-state index in [1.807, 2.05) is 0 Å². The smallest absolute Gasteiger partial charge is 0.330 e. The Bertz CT molecular complexity index is 630. The van der Waals surface area contributed by atoms with Gasteiger partial charge in [0, 0.05) is 6.08 Å². The van der Waals surface area contributed by atoms with E-state index in [-0.39, 0.29) is 11.5 Å². The van der Waals surface area contributed by atoms with Crippen molar-refractivity contribution in [3.63, 3.8) is 0 Å². The van der Waals surface area contributed by atoms with Crippen LogP contribution in [0.25, 0.3) is 6.08 Å². The Balaban J connectivity index is 1.90. The normalized spacial score (nSPS) is 29.6. The molecule has 1 aromatic carbocycles. The van der Waals surface area contributed by atoms with Crippen molar-refractivity contribution in [1.82, 2.24) is 0 Å². The lowest BCUT2D eigenvalue weighted by Crippen LogP contribution is -2.58. The molecule has 1 fully saturated rings. The first kappa shape index (κ1) is 19.2. The minimum atomic E-state index is -1.69. The van der Waals surface area contributed by atoms with Crippen molar-refractivity contribution in [3.05, 3.63) is 29.8 Å². The minimum Gasteiger partial charge on any atom is -0.504 e. The number of benzene rings is 1. The molecule has 0 amide bonds. The van der Waals surface area contributed by atoms with Crippen molar-refractivity contribution in [2.75, 3.05) is 13.7 Å². The van der Waals surface area contributed by atoms with E-state index in [9.17, 15) is 30.3 Å². The third-order valence-electron chi connectivity index (χ3n) is 3.69. The lowest BCUT2D eigenvalue weighted by Gasteiger charge is -2.37. The number of methoxy groups -OCH3 is 1. The number of phenolic OH excluding ortho intramolecular Hbond substituents is 1. The van der Waals surface area contributed by atoms with Crippen LogP contribution in [-0.4, -0.2) is 75.9 Å². The van der Waals surface area contributed by atoms with Gasteiger partial charge in [-0.05, 0) is 23.8 Å². The number of rotatable bonds is 5. The van der Waals surface area contributed by atoms with Gasteiger partial charge < -0.3 is 39.7 Å². The lowest BCUT2D eigenvalue weighted by atomic mass is 9.99. The summed E-state index contributed by atoms with van der Waals surface area (Å²) < 4.78 is 14.7. The van der Waals surface area contributed by atoms with Gasteiger partial charge in [0.15, 0.2) is 17.8 Å². The molecule has 0 bridgehead atoms. The fourth-order valence-electron chi connectivity index (χ4n) is 2.24. The number of phenols is 1. The van der Waals surface area contributed by atoms with Gasteiger partial charge in [-0.25, -0.2) is 4.79 Å². The van der Waals surface area contributed by atoms with Gasteiger partial charge in [-0.1, -0.05) is 6.07 Å². The van der Waals surface area contributed by atoms with Crippen LogP contribution in [0.4, 0.5) is 0 Å². The molecular weight excluding hydrogens is 336 g/mol. The van der Waals surface area contributed by atoms with Crippen molar-refractivity contribution in [2.24, 2.45) is 0 Å². The van der Waals surface area contributed by atoms with Crippen LogP contribution in [0, 0.1) is 0 Å². The molecular formula is C16H20O9. The molecule has 5 atom stereocenters. The lowest BCUT2D eigenvalue weighted by molar-refractivity contribution is -0.287. The number of aliphatic hydroxyl groups is 4. The second-order valence-electron chi connectivity index (χ2n) is 5.43. The molecule has 1 saturated heterocycles. The quantitative estimate of drug-likeness (QED) is 0.323. The van der Waals surface area contributed by atoms with Crippen LogP contribution in [-0.2, 0) is 14.3 Å². The van der Waals surface area contributed by atoms with Gasteiger partial charge in [0.05, 0.1) is 7.11 Å². The summed E-state index contributed by atoms with van der Waals surface area (Å²) in [5.74, 6) is -0.543. The monoisotopic (exact) mass is 356 g/mol. The number of hydrogen-bond donors (Lipinski definition) is 5. The maximum Gasteiger partial charge on any atom is 0.330 e. The highest BCUT2D eigenvalue weighted by Crippen LogP contribution is 2.26. The number of esters is 1. The van der Waals surface area contributed by atoms with E-state index in [1.165, 1.54) is 25.3 Å². The Morgan fingerprint density at radius 2 is 1.92 bits per heavy atom. The van der Waals surface area contributed by atoms with Gasteiger partial charge in [-0.2, -0.15) is 0 Å². The largest absolute Gasteiger partial charge is 0.504 e. The Labute approximate surface area is 143 Å². The average molecular weight is 356 g/mol. The number of carbonyl (C=O) groups is 1. The third-order valence-corrected chi connectivity index (χ3v) is 3.69. The van der Waals surface area contributed by atoms with E-state index >= 15 is 0 Å². The van der Waals surface area contributed by atoms with E-state index < -0.39 is 43.3 Å². The Kier molecular flexibility index (Phi) is 6.34. The molecule has 1 aliphatic heterocycles. The molecule has 1 aliphatic rings. The molecule has 0 spiro atoms. The molecule has 0 aromatic heterocycles. The first-order valence-electron chi connectivity index (χ1n) is 7.43. The SMILES string of the molecule is COc1cc(/C=C/C(=O)OCC2OC(O)[C@H](O)[C@@H](O)[C@@H]2O)ccc1O. The summed E-state index contributed by atoms with van der Waals surface area (Å²) in [5, 5.41) is 47.5. The van der Waals surface area contributed by atoms with Crippen LogP contribution in [0.15, 0.2) is 24.3 Å². The predicted molar refractivity (Wildman–Crippen MR) is 83.6 cm³/mol. The van der Waals surface area contributed by atoms with Crippen LogP contribution in [0.2, 0.25) is 0 Å². The Hall–Kier alpha value is -2.17. The topological polar surface area (TPSA) is 146 Å². The van der Waals surface area contributed by atoms with E-state index in [0.717, 1.165) is 6.08 Å². The maximum atomic E-state index is 11.7. The summed E-state index contributed by atoms with van der Waals surface area (Å²) in [5.41, 5.74) is 0.578. The van der Waals surface area contributed by atoms with Crippen molar-refractivity contribution < 1.29 is 44.5 Å². The van der Waals surface area contributed by atoms with Crippen LogP contribution in [0.3, 0.4) is 0 Å². The standard InChI is InChI=1S/C16H20O9/c1-23-10-6-8(2-4-9(10)17)3-5-12(18)24-7-11-13(19)14(20)15(21)16(22)25-11/h2-6,11,13-17,19-22H,7H2,1H3/b5-3+/t11?,13-,14+,15-,16?/m1/s1. The van der Waals surface area contributed by atoms with Gasteiger partial charge in [0.25, 0.3) is 0 Å². The number of aromatic hydroxyl groups is 1. The third kappa shape index (κ3) is 4.68. The highest BCUT2D eigenvalue weighted by atomic mass is 16.6. The molecule has 1 heterocycles. The Morgan fingerprint density at radius 1 is 1.20 bits per heavy atom. The molecule has 9 heteroatoms. The average Bonchev–Trinajstić information content (AvgIpc) is 2.61. The summed E-state index contributed by atoms with van der Waals surface area (Å²) in [4.78, 5) is 11.7. The predicted octanol–water partition coefficient (Wildman–Crippen LogP) is -1.24. The summed E-state index contributed by atoms with van der Waals surface area (Å²) in [6, 6.07) is 4.48. The molecule has 9 nitrogen and oxygen atoms in total. The van der Waals surface area contributed by atoms with Crippen molar-refractivity contribution in [3.8, 4) is 11.5 Å². The van der Waals surface area contributed by atoms with Crippen LogP contribution >= 0.6 is 0 Å². The summed E-state index contributed by atoms with van der Waals surface area (Å²) in [7, 11) is 1.39. The maximum absolute atomic E-state index is 11.7. The second kappa shape index (κ2) is 8.28. The van der Waals surface area contributed by atoms with E-state index in [1.54, 1.807) is 6.07 Å². The van der Waals surface area contributed by atoms with Gasteiger partial charge in [-0.3, -0.25) is 0 Å². The van der Waals surface area contributed by atoms with Crippen molar-refractivity contribution in [1.29, 1.82) is 0 Å². The number of aliphatic hydroxyl groups excluding tert-OH is 4. The molecule has 0 aliphatic carbocycles. The highest BCUT2D eigenvalue weighted by molar-refractivity contribution is 5.87. The highest BCUT2D eigenvalue weighted by Gasteiger charge is 2.43. The second-order valence-corrected chi connectivity index (χ2v) is 5.43. The fourth-order valence-corrected chi connectivity index (χ4v) is 2.24. The van der Waals surface area contributed by atoms with Crippen LogP contribution in [0.5, 0.6) is 11.5 Å². The van der Waals surface area contributed by atoms with E-state index in [4.69, 9.17) is 14.2 Å². The summed E-state index contributed by atoms with van der Waals surface area (Å²) >= 11 is 0. The van der Waals surface area contributed by atoms with Gasteiger partial charge in [0.1, 0.15) is 31.0 Å². The molecule has 138 valence electrons. The number of carbonyl (C=O) groups excluding carboxylic acids is 1. The van der Waals surface area contributed by atoms with Crippen LogP contribution < -0.4 is 4.74 Å². The fraction of sp³-hybridized carbons (Fsp3) is 0.438. The Morgan fingerprint density at radius 3 is 2.60 bits per heavy atom. The molecule has 2 unspecified atom stereocenters. The molecule has 5 N–H and O–H groups in total. The van der Waals surface area contributed by atoms with Gasteiger partial charge >= 0.3 is 5.97 Å². The van der Waals surface area contributed by atoms with Gasteiger partial charge in [0.2, 0.25) is 0 Å². The molecule has 0 radical (unpaired) electrons. The summed E-state index contributed by atoms with van der Waals surface area (Å²) in [6.45, 7) is -0.427. The zero-order chi connectivity index (χ0) is 18.6. The van der Waals surface area contributed by atoms with E-state index in [2.05, 4.69) is 0 Å². The first-order chi connectivity index (χ1) is 11.8. The number of ether oxygens (including phenoxy) is 3. The summed E-state index contributed by atoms with van der Waals surface area (Å²) in [6.07, 6.45) is -5.12. The van der Waals surface area contributed by atoms with E-state index in [0.29, 0.717) is 5.56 Å². The van der Waals surface area contributed by atoms with Crippen molar-refractivity contribution in [2.45, 2.75) is 30.7 Å².